The summed E-state index contributed by atoms with van der Waals surface area (Å²) in [5.74, 6) is 1.65. The second-order valence-corrected chi connectivity index (χ2v) is 6.89. The highest BCUT2D eigenvalue weighted by Crippen LogP contribution is 2.30. The van der Waals surface area contributed by atoms with Gasteiger partial charge in [-0.2, -0.15) is 0 Å². The molecule has 1 aromatic rings. The van der Waals surface area contributed by atoms with Crippen molar-refractivity contribution in [1.29, 1.82) is 0 Å². The zero-order valence-corrected chi connectivity index (χ0v) is 18.2. The number of aliphatic imine (C=N–C) groups is 1. The van der Waals surface area contributed by atoms with Crippen molar-refractivity contribution < 1.29 is 4.74 Å². The number of nitrogens with zero attached hydrogens (tertiary/aromatic N) is 2. The van der Waals surface area contributed by atoms with E-state index in [1.165, 1.54) is 0 Å². The van der Waals surface area contributed by atoms with E-state index in [-0.39, 0.29) is 29.9 Å². The molecule has 1 fully saturated rings. The summed E-state index contributed by atoms with van der Waals surface area (Å²) in [6, 6.07) is 5.62. The number of hydrogen-bond acceptors (Lipinski definition) is 2. The first-order chi connectivity index (χ1) is 11.0. The van der Waals surface area contributed by atoms with Crippen LogP contribution in [-0.4, -0.2) is 51.3 Å². The molecule has 0 spiro atoms. The van der Waals surface area contributed by atoms with Crippen molar-refractivity contribution in [3.63, 3.8) is 0 Å². The van der Waals surface area contributed by atoms with Gasteiger partial charge in [0.15, 0.2) is 5.96 Å². The molecule has 2 atom stereocenters. The lowest BCUT2D eigenvalue weighted by Crippen LogP contribution is -2.42. The second kappa shape index (κ2) is 10.7. The van der Waals surface area contributed by atoms with Crippen molar-refractivity contribution in [1.82, 2.24) is 10.2 Å². The molecular formula is C17H26Cl2IN3O. The van der Waals surface area contributed by atoms with E-state index in [2.05, 4.69) is 29.2 Å². The minimum atomic E-state index is 0. The molecule has 136 valence electrons. The lowest BCUT2D eigenvalue weighted by Gasteiger charge is -2.26. The van der Waals surface area contributed by atoms with E-state index in [9.17, 15) is 0 Å². The number of nitrogens with one attached hydrogen (secondary N) is 1. The molecule has 24 heavy (non-hydrogen) atoms. The number of halogens is 3. The molecule has 0 aromatic heterocycles. The average molecular weight is 486 g/mol. The molecule has 0 radical (unpaired) electrons. The largest absolute Gasteiger partial charge is 0.381 e. The third-order valence-electron chi connectivity index (χ3n) is 4.19. The van der Waals surface area contributed by atoms with Gasteiger partial charge in [-0.1, -0.05) is 36.2 Å². The minimum Gasteiger partial charge on any atom is -0.381 e. The van der Waals surface area contributed by atoms with Gasteiger partial charge in [0.25, 0.3) is 0 Å². The lowest BCUT2D eigenvalue weighted by atomic mass is 10.0. The molecule has 0 amide bonds. The Labute approximate surface area is 172 Å². The smallest absolute Gasteiger partial charge is 0.193 e. The van der Waals surface area contributed by atoms with Crippen molar-refractivity contribution in [2.24, 2.45) is 10.9 Å². The average Bonchev–Trinajstić information content (AvgIpc) is 3.00. The van der Waals surface area contributed by atoms with Gasteiger partial charge < -0.3 is 15.0 Å². The van der Waals surface area contributed by atoms with E-state index in [1.54, 1.807) is 7.05 Å². The standard InChI is InChI=1S/C17H25Cl2N3O.HI/c1-12(16-14(18)5-4-6-15(16)19)9-21-17(20-2)22(3)10-13-7-8-23-11-13;/h4-6,12-13H,7-11H2,1-3H3,(H,20,21);1H. The van der Waals surface area contributed by atoms with Gasteiger partial charge in [0, 0.05) is 55.7 Å². The van der Waals surface area contributed by atoms with Crippen molar-refractivity contribution in [3.05, 3.63) is 33.8 Å². The molecule has 1 aliphatic rings. The maximum Gasteiger partial charge on any atom is 0.193 e. The molecule has 1 heterocycles. The predicted molar refractivity (Wildman–Crippen MR) is 113 cm³/mol. The molecule has 0 bridgehead atoms. The SMILES string of the molecule is CN=C(NCC(C)c1c(Cl)cccc1Cl)N(C)CC1CCOC1.I. The maximum absolute atomic E-state index is 6.28. The van der Waals surface area contributed by atoms with Crippen molar-refractivity contribution in [3.8, 4) is 0 Å². The molecular weight excluding hydrogens is 460 g/mol. The van der Waals surface area contributed by atoms with Gasteiger partial charge in [-0.15, -0.1) is 24.0 Å². The predicted octanol–water partition coefficient (Wildman–Crippen LogP) is 4.26. The first-order valence-electron chi connectivity index (χ1n) is 7.96. The van der Waals surface area contributed by atoms with Gasteiger partial charge in [-0.3, -0.25) is 4.99 Å². The molecule has 0 aliphatic carbocycles. The lowest BCUT2D eigenvalue weighted by molar-refractivity contribution is 0.181. The normalized spacial score (nSPS) is 18.9. The maximum atomic E-state index is 6.28. The van der Waals surface area contributed by atoms with Crippen molar-refractivity contribution in [2.75, 3.05) is 40.4 Å². The molecule has 1 N–H and O–H groups in total. The summed E-state index contributed by atoms with van der Waals surface area (Å²) in [7, 11) is 3.86. The summed E-state index contributed by atoms with van der Waals surface area (Å²) in [6.07, 6.45) is 1.12. The zero-order valence-electron chi connectivity index (χ0n) is 14.4. The highest BCUT2D eigenvalue weighted by Gasteiger charge is 2.20. The Balaban J connectivity index is 0.00000288. The summed E-state index contributed by atoms with van der Waals surface area (Å²) in [5, 5.41) is 4.83. The number of benzene rings is 1. The number of hydrogen-bond donors (Lipinski definition) is 1. The van der Waals surface area contributed by atoms with Crippen molar-refractivity contribution >= 4 is 53.1 Å². The third kappa shape index (κ3) is 5.93. The monoisotopic (exact) mass is 485 g/mol. The number of ether oxygens (including phenoxy) is 1. The summed E-state index contributed by atoms with van der Waals surface area (Å²) in [6.45, 7) is 5.49. The fourth-order valence-corrected chi connectivity index (χ4v) is 3.68. The van der Waals surface area contributed by atoms with E-state index < -0.39 is 0 Å². The molecule has 2 rings (SSSR count). The molecule has 1 saturated heterocycles. The molecule has 0 saturated carbocycles. The van der Waals surface area contributed by atoms with Gasteiger partial charge in [0.2, 0.25) is 0 Å². The van der Waals surface area contributed by atoms with Gasteiger partial charge in [-0.25, -0.2) is 0 Å². The highest BCUT2D eigenvalue weighted by molar-refractivity contribution is 14.0. The third-order valence-corrected chi connectivity index (χ3v) is 4.85. The van der Waals surface area contributed by atoms with Crippen LogP contribution < -0.4 is 5.32 Å². The van der Waals surface area contributed by atoms with Crippen LogP contribution in [0.4, 0.5) is 0 Å². The first-order valence-corrected chi connectivity index (χ1v) is 8.72. The van der Waals surface area contributed by atoms with Crippen LogP contribution in [0.25, 0.3) is 0 Å². The second-order valence-electron chi connectivity index (χ2n) is 6.07. The molecule has 1 aliphatic heterocycles. The van der Waals surface area contributed by atoms with E-state index >= 15 is 0 Å². The summed E-state index contributed by atoms with van der Waals surface area (Å²) >= 11 is 12.6. The Morgan fingerprint density at radius 1 is 1.42 bits per heavy atom. The summed E-state index contributed by atoms with van der Waals surface area (Å²) < 4.78 is 5.44. The number of rotatable bonds is 5. The molecule has 2 unspecified atom stereocenters. The van der Waals surface area contributed by atoms with Crippen LogP contribution in [0, 0.1) is 5.92 Å². The Morgan fingerprint density at radius 3 is 2.62 bits per heavy atom. The van der Waals surface area contributed by atoms with Gasteiger partial charge in [0.1, 0.15) is 0 Å². The van der Waals surface area contributed by atoms with Crippen LogP contribution in [0.15, 0.2) is 23.2 Å². The van der Waals surface area contributed by atoms with Crippen LogP contribution in [0.1, 0.15) is 24.8 Å². The summed E-state index contributed by atoms with van der Waals surface area (Å²) in [4.78, 5) is 6.52. The van der Waals surface area contributed by atoms with Crippen LogP contribution >= 0.6 is 47.2 Å². The molecule has 1 aromatic carbocycles. The number of guanidine groups is 1. The van der Waals surface area contributed by atoms with Crippen LogP contribution in [0.2, 0.25) is 10.0 Å². The fraction of sp³-hybridized carbons (Fsp3) is 0.588. The van der Waals surface area contributed by atoms with E-state index in [0.29, 0.717) is 16.0 Å². The van der Waals surface area contributed by atoms with E-state index in [1.807, 2.05) is 18.2 Å². The Hall–Kier alpha value is -0.240. The fourth-order valence-electron chi connectivity index (χ4n) is 2.91. The Bertz CT molecular complexity index is 530. The zero-order chi connectivity index (χ0) is 16.8. The van der Waals surface area contributed by atoms with Crippen LogP contribution in [0.3, 0.4) is 0 Å². The quantitative estimate of drug-likeness (QED) is 0.384. The first kappa shape index (κ1) is 21.8. The molecule has 4 nitrogen and oxygen atoms in total. The van der Waals surface area contributed by atoms with Gasteiger partial charge in [0.05, 0.1) is 6.61 Å². The van der Waals surface area contributed by atoms with Crippen molar-refractivity contribution in [2.45, 2.75) is 19.3 Å². The van der Waals surface area contributed by atoms with Gasteiger partial charge in [-0.05, 0) is 24.1 Å². The van der Waals surface area contributed by atoms with Crippen LogP contribution in [0.5, 0.6) is 0 Å². The van der Waals surface area contributed by atoms with E-state index in [0.717, 1.165) is 44.2 Å². The molecule has 7 heteroatoms. The van der Waals surface area contributed by atoms with Crippen LogP contribution in [-0.2, 0) is 4.74 Å². The Morgan fingerprint density at radius 2 is 2.08 bits per heavy atom. The Kier molecular flexibility index (Phi) is 9.71. The summed E-state index contributed by atoms with van der Waals surface area (Å²) in [5.41, 5.74) is 0.977. The van der Waals surface area contributed by atoms with E-state index in [4.69, 9.17) is 27.9 Å². The van der Waals surface area contributed by atoms with Gasteiger partial charge >= 0.3 is 0 Å². The topological polar surface area (TPSA) is 36.9 Å². The minimum absolute atomic E-state index is 0. The highest BCUT2D eigenvalue weighted by atomic mass is 127.